The van der Waals surface area contributed by atoms with Crippen molar-refractivity contribution in [2.75, 3.05) is 27.2 Å². The molecule has 1 fully saturated rings. The van der Waals surface area contributed by atoms with Gasteiger partial charge in [-0.15, -0.1) is 0 Å². The van der Waals surface area contributed by atoms with E-state index >= 15 is 0 Å². The molecule has 0 radical (unpaired) electrons. The van der Waals surface area contributed by atoms with Gasteiger partial charge in [-0.25, -0.2) is 8.42 Å². The van der Waals surface area contributed by atoms with Gasteiger partial charge in [0, 0.05) is 19.1 Å². The first-order valence-electron chi connectivity index (χ1n) is 7.24. The molecule has 0 unspecified atom stereocenters. The van der Waals surface area contributed by atoms with Gasteiger partial charge in [0.15, 0.2) is 0 Å². The average Bonchev–Trinajstić information content (AvgIpc) is 2.61. The van der Waals surface area contributed by atoms with E-state index in [-0.39, 0.29) is 6.04 Å². The maximum absolute atomic E-state index is 12.8. The minimum Gasteiger partial charge on any atom is -0.391 e. The van der Waals surface area contributed by atoms with Crippen molar-refractivity contribution >= 4 is 10.0 Å². The van der Waals surface area contributed by atoms with Crippen molar-refractivity contribution < 1.29 is 13.5 Å². The average molecular weight is 312 g/mol. The van der Waals surface area contributed by atoms with Gasteiger partial charge in [0.1, 0.15) is 0 Å². The first-order chi connectivity index (χ1) is 9.84. The highest BCUT2D eigenvalue weighted by Gasteiger charge is 2.32. The minimum absolute atomic E-state index is 0.00192. The summed E-state index contributed by atoms with van der Waals surface area (Å²) in [5, 5.41) is 10.2. The molecule has 1 aromatic rings. The lowest BCUT2D eigenvalue weighted by molar-refractivity contribution is 0.0739. The molecule has 5 nitrogen and oxygen atoms in total. The van der Waals surface area contributed by atoms with E-state index in [9.17, 15) is 13.5 Å². The Bertz CT molecular complexity index is 586. The largest absolute Gasteiger partial charge is 0.391 e. The molecular formula is C15H24N2O3S. The summed E-state index contributed by atoms with van der Waals surface area (Å²) in [5.41, 5.74) is 0.756. The zero-order chi connectivity index (χ0) is 15.6. The lowest BCUT2D eigenvalue weighted by atomic mass is 10.1. The first-order valence-corrected chi connectivity index (χ1v) is 8.68. The first kappa shape index (κ1) is 16.4. The number of aliphatic hydroxyl groups is 1. The Labute approximate surface area is 127 Å². The van der Waals surface area contributed by atoms with E-state index in [1.807, 2.05) is 38.1 Å². The minimum atomic E-state index is -3.48. The molecule has 1 aliphatic heterocycles. The lowest BCUT2D eigenvalue weighted by Gasteiger charge is -2.26. The van der Waals surface area contributed by atoms with Crippen LogP contribution < -0.4 is 0 Å². The number of aliphatic hydroxyl groups excluding tert-OH is 1. The van der Waals surface area contributed by atoms with Crippen LogP contribution in [0.2, 0.25) is 0 Å². The fraction of sp³-hybridized carbons (Fsp3) is 0.600. The predicted molar refractivity (Wildman–Crippen MR) is 82.7 cm³/mol. The summed E-state index contributed by atoms with van der Waals surface area (Å²) in [6.45, 7) is 2.61. The molecule has 0 spiro atoms. The van der Waals surface area contributed by atoms with E-state index in [1.165, 1.54) is 4.31 Å². The molecule has 1 N–H and O–H groups in total. The molecule has 1 heterocycles. The second-order valence-electron chi connectivity index (χ2n) is 5.85. The van der Waals surface area contributed by atoms with Crippen molar-refractivity contribution in [1.82, 2.24) is 9.21 Å². The number of aryl methyl sites for hydroxylation is 1. The molecule has 118 valence electrons. The van der Waals surface area contributed by atoms with Crippen LogP contribution in [0.3, 0.4) is 0 Å². The molecule has 1 aliphatic rings. The van der Waals surface area contributed by atoms with E-state index in [0.29, 0.717) is 30.8 Å². The van der Waals surface area contributed by atoms with Gasteiger partial charge < -0.3 is 10.0 Å². The normalized spacial score (nSPS) is 25.0. The third-order valence-corrected chi connectivity index (χ3v) is 6.23. The van der Waals surface area contributed by atoms with Gasteiger partial charge >= 0.3 is 0 Å². The van der Waals surface area contributed by atoms with Crippen LogP contribution in [0.1, 0.15) is 18.4 Å². The van der Waals surface area contributed by atoms with Crippen LogP contribution in [-0.4, -0.2) is 62.1 Å². The summed E-state index contributed by atoms with van der Waals surface area (Å²) in [7, 11) is 0.347. The molecule has 2 atom stereocenters. The predicted octanol–water partition coefficient (Wildman–Crippen LogP) is 1.07. The van der Waals surface area contributed by atoms with E-state index < -0.39 is 16.1 Å². The molecule has 2 rings (SSSR count). The van der Waals surface area contributed by atoms with Crippen LogP contribution in [0, 0.1) is 6.92 Å². The van der Waals surface area contributed by atoms with E-state index in [1.54, 1.807) is 12.1 Å². The summed E-state index contributed by atoms with van der Waals surface area (Å²) in [5.74, 6) is 0. The molecule has 0 aromatic heterocycles. The Kier molecular flexibility index (Phi) is 5.03. The Morgan fingerprint density at radius 1 is 1.19 bits per heavy atom. The van der Waals surface area contributed by atoms with Crippen LogP contribution in [0.5, 0.6) is 0 Å². The summed E-state index contributed by atoms with van der Waals surface area (Å²) in [6, 6.07) is 7.04. The fourth-order valence-electron chi connectivity index (χ4n) is 2.88. The third kappa shape index (κ3) is 3.45. The Morgan fingerprint density at radius 3 is 2.43 bits per heavy atom. The Hall–Kier alpha value is -0.950. The molecule has 21 heavy (non-hydrogen) atoms. The number of sulfonamides is 1. The number of nitrogens with zero attached hydrogens (tertiary/aromatic N) is 2. The SMILES string of the molecule is Cc1ccccc1S(=O)(=O)N1CC[C@H](O)[C@@H](N(C)C)CC1. The van der Waals surface area contributed by atoms with Crippen molar-refractivity contribution in [2.45, 2.75) is 36.8 Å². The topological polar surface area (TPSA) is 60.9 Å². The third-order valence-electron chi connectivity index (χ3n) is 4.17. The van der Waals surface area contributed by atoms with Crippen molar-refractivity contribution in [3.8, 4) is 0 Å². The maximum Gasteiger partial charge on any atom is 0.243 e. The number of hydrogen-bond donors (Lipinski definition) is 1. The van der Waals surface area contributed by atoms with Gasteiger partial charge in [0.05, 0.1) is 11.0 Å². The van der Waals surface area contributed by atoms with Crippen LogP contribution in [0.25, 0.3) is 0 Å². The summed E-state index contributed by atoms with van der Waals surface area (Å²) in [6.07, 6.45) is 0.616. The van der Waals surface area contributed by atoms with Crippen LogP contribution in [-0.2, 0) is 10.0 Å². The second kappa shape index (κ2) is 6.44. The molecule has 6 heteroatoms. The zero-order valence-electron chi connectivity index (χ0n) is 12.9. The van der Waals surface area contributed by atoms with Gasteiger partial charge in [-0.3, -0.25) is 0 Å². The summed E-state index contributed by atoms with van der Waals surface area (Å²) >= 11 is 0. The van der Waals surface area contributed by atoms with Crippen LogP contribution in [0.15, 0.2) is 29.2 Å². The maximum atomic E-state index is 12.8. The van der Waals surface area contributed by atoms with Crippen LogP contribution in [0.4, 0.5) is 0 Å². The van der Waals surface area contributed by atoms with Crippen molar-refractivity contribution in [2.24, 2.45) is 0 Å². The number of hydrogen-bond acceptors (Lipinski definition) is 4. The lowest BCUT2D eigenvalue weighted by Crippen LogP contribution is -2.38. The highest BCUT2D eigenvalue weighted by Crippen LogP contribution is 2.24. The molecule has 0 aliphatic carbocycles. The molecule has 1 aromatic carbocycles. The highest BCUT2D eigenvalue weighted by atomic mass is 32.2. The van der Waals surface area contributed by atoms with Crippen molar-refractivity contribution in [3.63, 3.8) is 0 Å². The molecular weight excluding hydrogens is 288 g/mol. The second-order valence-corrected chi connectivity index (χ2v) is 7.75. The van der Waals surface area contributed by atoms with E-state index in [2.05, 4.69) is 0 Å². The number of likely N-dealkylation sites (N-methyl/N-ethyl adjacent to an activating group) is 1. The van der Waals surface area contributed by atoms with Gasteiger partial charge in [-0.2, -0.15) is 4.31 Å². The Balaban J connectivity index is 2.24. The van der Waals surface area contributed by atoms with Crippen molar-refractivity contribution in [1.29, 1.82) is 0 Å². The quantitative estimate of drug-likeness (QED) is 0.907. The summed E-state index contributed by atoms with van der Waals surface area (Å²) < 4.78 is 27.1. The van der Waals surface area contributed by atoms with Crippen molar-refractivity contribution in [3.05, 3.63) is 29.8 Å². The van der Waals surface area contributed by atoms with Crippen LogP contribution >= 0.6 is 0 Å². The number of rotatable bonds is 3. The summed E-state index contributed by atoms with van der Waals surface area (Å²) in [4.78, 5) is 2.33. The van der Waals surface area contributed by atoms with Gasteiger partial charge in [0.2, 0.25) is 10.0 Å². The monoisotopic (exact) mass is 312 g/mol. The van der Waals surface area contributed by atoms with Gasteiger partial charge in [-0.05, 0) is 45.5 Å². The smallest absolute Gasteiger partial charge is 0.243 e. The standard InChI is InChI=1S/C15H24N2O3S/c1-12-6-4-5-7-15(12)21(19,20)17-10-8-13(16(2)3)14(18)9-11-17/h4-7,13-14,18H,8-11H2,1-3H3/t13-,14-/m0/s1. The highest BCUT2D eigenvalue weighted by molar-refractivity contribution is 7.89. The van der Waals surface area contributed by atoms with Gasteiger partial charge in [0.25, 0.3) is 0 Å². The van der Waals surface area contributed by atoms with Gasteiger partial charge in [-0.1, -0.05) is 18.2 Å². The molecule has 0 bridgehead atoms. The molecule has 1 saturated heterocycles. The molecule has 0 amide bonds. The zero-order valence-corrected chi connectivity index (χ0v) is 13.7. The fourth-order valence-corrected chi connectivity index (χ4v) is 4.57. The van der Waals surface area contributed by atoms with E-state index in [0.717, 1.165) is 5.56 Å². The molecule has 0 saturated carbocycles. The Morgan fingerprint density at radius 2 is 1.81 bits per heavy atom. The van der Waals surface area contributed by atoms with E-state index in [4.69, 9.17) is 0 Å². The number of benzene rings is 1.